The normalized spacial score (nSPS) is 10.7. The highest BCUT2D eigenvalue weighted by Crippen LogP contribution is 2.03. The molecule has 0 N–H and O–H groups in total. The zero-order valence-electron chi connectivity index (χ0n) is 7.74. The fourth-order valence-electron chi connectivity index (χ4n) is 1.16. The van der Waals surface area contributed by atoms with Crippen molar-refractivity contribution in [3.8, 4) is 0 Å². The Morgan fingerprint density at radius 3 is 2.83 bits per heavy atom. The third-order valence-electron chi connectivity index (χ3n) is 1.59. The predicted octanol–water partition coefficient (Wildman–Crippen LogP) is 1.74. The van der Waals surface area contributed by atoms with Gasteiger partial charge in [-0.3, -0.25) is 4.79 Å². The van der Waals surface area contributed by atoms with E-state index in [0.29, 0.717) is 11.7 Å². The van der Waals surface area contributed by atoms with Crippen LogP contribution in [-0.2, 0) is 6.54 Å². The lowest BCUT2D eigenvalue weighted by Crippen LogP contribution is -2.10. The maximum atomic E-state index is 11.0. The second-order valence-corrected chi connectivity index (χ2v) is 3.35. The summed E-state index contributed by atoms with van der Waals surface area (Å²) in [6.45, 7) is 6.63. The van der Waals surface area contributed by atoms with Crippen molar-refractivity contribution in [1.29, 1.82) is 0 Å². The topological polar surface area (TPSA) is 34.9 Å². The van der Waals surface area contributed by atoms with Crippen LogP contribution in [-0.4, -0.2) is 15.3 Å². The van der Waals surface area contributed by atoms with Crippen molar-refractivity contribution in [2.45, 2.75) is 27.3 Å². The van der Waals surface area contributed by atoms with E-state index < -0.39 is 0 Å². The number of hydrogen-bond acceptors (Lipinski definition) is 2. The first kappa shape index (κ1) is 8.97. The first-order valence-corrected chi connectivity index (χ1v) is 4.13. The van der Waals surface area contributed by atoms with Crippen LogP contribution in [0.1, 0.15) is 31.4 Å². The number of imidazole rings is 1. The maximum absolute atomic E-state index is 11.0. The third kappa shape index (κ3) is 1.94. The molecule has 3 nitrogen and oxygen atoms in total. The molecule has 3 heteroatoms. The van der Waals surface area contributed by atoms with E-state index in [1.807, 2.05) is 10.8 Å². The SMILES string of the molecule is CC(=O)c1nccn1CC(C)C. The van der Waals surface area contributed by atoms with Gasteiger partial charge >= 0.3 is 0 Å². The molecule has 0 aromatic carbocycles. The van der Waals surface area contributed by atoms with Gasteiger partial charge in [-0.1, -0.05) is 13.8 Å². The summed E-state index contributed by atoms with van der Waals surface area (Å²) in [4.78, 5) is 15.0. The van der Waals surface area contributed by atoms with Crippen LogP contribution in [0, 0.1) is 5.92 Å². The Hall–Kier alpha value is -1.12. The van der Waals surface area contributed by atoms with Crippen molar-refractivity contribution in [2.75, 3.05) is 0 Å². The Labute approximate surface area is 72.4 Å². The molecule has 0 radical (unpaired) electrons. The largest absolute Gasteiger partial charge is 0.328 e. The monoisotopic (exact) mass is 166 g/mol. The molecule has 1 rings (SSSR count). The van der Waals surface area contributed by atoms with E-state index >= 15 is 0 Å². The Balaban J connectivity index is 2.84. The van der Waals surface area contributed by atoms with E-state index in [-0.39, 0.29) is 5.78 Å². The average molecular weight is 166 g/mol. The zero-order chi connectivity index (χ0) is 9.14. The number of carbonyl (C=O) groups is 1. The minimum Gasteiger partial charge on any atom is -0.328 e. The molecule has 0 unspecified atom stereocenters. The first-order chi connectivity index (χ1) is 5.61. The molecule has 0 atom stereocenters. The van der Waals surface area contributed by atoms with Crippen LogP contribution < -0.4 is 0 Å². The lowest BCUT2D eigenvalue weighted by Gasteiger charge is -2.07. The van der Waals surface area contributed by atoms with Crippen molar-refractivity contribution >= 4 is 5.78 Å². The Morgan fingerprint density at radius 2 is 2.33 bits per heavy atom. The fourth-order valence-corrected chi connectivity index (χ4v) is 1.16. The van der Waals surface area contributed by atoms with Crippen LogP contribution in [0.2, 0.25) is 0 Å². The van der Waals surface area contributed by atoms with Crippen LogP contribution in [0.5, 0.6) is 0 Å². The molecule has 1 aromatic heterocycles. The molecule has 0 bridgehead atoms. The summed E-state index contributed by atoms with van der Waals surface area (Å²) in [6, 6.07) is 0. The van der Waals surface area contributed by atoms with Crippen LogP contribution in [0.15, 0.2) is 12.4 Å². The molecule has 0 fully saturated rings. The van der Waals surface area contributed by atoms with Gasteiger partial charge < -0.3 is 4.57 Å². The lowest BCUT2D eigenvalue weighted by molar-refractivity contribution is 0.0998. The predicted molar refractivity (Wildman–Crippen MR) is 47.1 cm³/mol. The number of carbonyl (C=O) groups excluding carboxylic acids is 1. The molecule has 0 amide bonds. The fraction of sp³-hybridized carbons (Fsp3) is 0.556. The van der Waals surface area contributed by atoms with Gasteiger partial charge in [0.15, 0.2) is 11.6 Å². The lowest BCUT2D eigenvalue weighted by atomic mass is 10.2. The quantitative estimate of drug-likeness (QED) is 0.641. The molecule has 0 saturated carbocycles. The molecule has 1 heterocycles. The van der Waals surface area contributed by atoms with Crippen molar-refractivity contribution in [3.63, 3.8) is 0 Å². The summed E-state index contributed by atoms with van der Waals surface area (Å²) < 4.78 is 1.90. The number of nitrogens with zero attached hydrogens (tertiary/aromatic N) is 2. The zero-order valence-corrected chi connectivity index (χ0v) is 7.74. The van der Waals surface area contributed by atoms with Crippen LogP contribution in [0.3, 0.4) is 0 Å². The number of aromatic nitrogens is 2. The average Bonchev–Trinajstić information content (AvgIpc) is 2.33. The molecule has 12 heavy (non-hydrogen) atoms. The third-order valence-corrected chi connectivity index (χ3v) is 1.59. The van der Waals surface area contributed by atoms with Crippen LogP contribution >= 0.6 is 0 Å². The Kier molecular flexibility index (Phi) is 2.63. The summed E-state index contributed by atoms with van der Waals surface area (Å²) in [5, 5.41) is 0. The van der Waals surface area contributed by atoms with Gasteiger partial charge in [-0.05, 0) is 5.92 Å². The smallest absolute Gasteiger partial charge is 0.195 e. The van der Waals surface area contributed by atoms with Crippen LogP contribution in [0.25, 0.3) is 0 Å². The van der Waals surface area contributed by atoms with Gasteiger partial charge in [-0.2, -0.15) is 0 Å². The minimum atomic E-state index is 0.0284. The summed E-state index contributed by atoms with van der Waals surface area (Å²) in [7, 11) is 0. The van der Waals surface area contributed by atoms with E-state index in [4.69, 9.17) is 0 Å². The van der Waals surface area contributed by atoms with E-state index in [1.54, 1.807) is 13.1 Å². The highest BCUT2D eigenvalue weighted by Gasteiger charge is 2.07. The van der Waals surface area contributed by atoms with Gasteiger partial charge in [-0.15, -0.1) is 0 Å². The molecule has 0 saturated heterocycles. The molecular weight excluding hydrogens is 152 g/mol. The van der Waals surface area contributed by atoms with Crippen LogP contribution in [0.4, 0.5) is 0 Å². The van der Waals surface area contributed by atoms with Crippen molar-refractivity contribution < 1.29 is 4.79 Å². The van der Waals surface area contributed by atoms with Gasteiger partial charge in [0.05, 0.1) is 0 Å². The van der Waals surface area contributed by atoms with E-state index in [0.717, 1.165) is 6.54 Å². The Morgan fingerprint density at radius 1 is 1.67 bits per heavy atom. The summed E-state index contributed by atoms with van der Waals surface area (Å²) >= 11 is 0. The van der Waals surface area contributed by atoms with Gasteiger partial charge in [0, 0.05) is 25.9 Å². The standard InChI is InChI=1S/C9H14N2O/c1-7(2)6-11-5-4-10-9(11)8(3)12/h4-5,7H,6H2,1-3H3. The first-order valence-electron chi connectivity index (χ1n) is 4.13. The molecule has 1 aromatic rings. The molecule has 0 aliphatic heterocycles. The van der Waals surface area contributed by atoms with E-state index in [1.165, 1.54) is 0 Å². The summed E-state index contributed by atoms with van der Waals surface area (Å²) in [6.07, 6.45) is 3.51. The number of rotatable bonds is 3. The summed E-state index contributed by atoms with van der Waals surface area (Å²) in [5.41, 5.74) is 0. The van der Waals surface area contributed by atoms with Gasteiger partial charge in [0.2, 0.25) is 0 Å². The van der Waals surface area contributed by atoms with E-state index in [2.05, 4.69) is 18.8 Å². The number of ketones is 1. The van der Waals surface area contributed by atoms with Gasteiger partial charge in [-0.25, -0.2) is 4.98 Å². The van der Waals surface area contributed by atoms with Crippen molar-refractivity contribution in [1.82, 2.24) is 9.55 Å². The maximum Gasteiger partial charge on any atom is 0.195 e. The van der Waals surface area contributed by atoms with E-state index in [9.17, 15) is 4.79 Å². The highest BCUT2D eigenvalue weighted by atomic mass is 16.1. The molecule has 0 spiro atoms. The molecular formula is C9H14N2O. The van der Waals surface area contributed by atoms with Crippen molar-refractivity contribution in [2.24, 2.45) is 5.92 Å². The Bertz CT molecular complexity index is 276. The van der Waals surface area contributed by atoms with Crippen molar-refractivity contribution in [3.05, 3.63) is 18.2 Å². The summed E-state index contributed by atoms with van der Waals surface area (Å²) in [5.74, 6) is 1.13. The molecule has 0 aliphatic rings. The highest BCUT2D eigenvalue weighted by molar-refractivity contribution is 5.90. The van der Waals surface area contributed by atoms with Gasteiger partial charge in [0.1, 0.15) is 0 Å². The molecule has 0 aliphatic carbocycles. The second kappa shape index (κ2) is 3.52. The second-order valence-electron chi connectivity index (χ2n) is 3.35. The van der Waals surface area contributed by atoms with Gasteiger partial charge in [0.25, 0.3) is 0 Å². The number of Topliss-reactive ketones (excluding diaryl/α,β-unsaturated/α-hetero) is 1. The molecule has 66 valence electrons. The number of hydrogen-bond donors (Lipinski definition) is 0. The minimum absolute atomic E-state index is 0.0284.